The quantitative estimate of drug-likeness (QED) is 0.581. The van der Waals surface area contributed by atoms with Crippen molar-refractivity contribution in [3.8, 4) is 11.6 Å². The van der Waals surface area contributed by atoms with E-state index in [0.29, 0.717) is 18.0 Å². The van der Waals surface area contributed by atoms with Crippen molar-refractivity contribution in [3.05, 3.63) is 48.0 Å². The maximum atomic E-state index is 11.4. The van der Waals surface area contributed by atoms with Crippen molar-refractivity contribution in [2.75, 3.05) is 0 Å². The van der Waals surface area contributed by atoms with Gasteiger partial charge in [-0.3, -0.25) is 9.48 Å². The van der Waals surface area contributed by atoms with Crippen LogP contribution in [0.5, 0.6) is 0 Å². The van der Waals surface area contributed by atoms with Gasteiger partial charge in [0.25, 0.3) is 0 Å². The van der Waals surface area contributed by atoms with Gasteiger partial charge in [0.2, 0.25) is 5.89 Å². The number of fused-ring (bicyclic) bond motifs is 2. The lowest BCUT2D eigenvalue weighted by Gasteiger charge is -1.99. The van der Waals surface area contributed by atoms with E-state index in [1.165, 1.54) is 0 Å². The first-order valence-electron chi connectivity index (χ1n) is 7.43. The molecule has 0 N–H and O–H groups in total. The van der Waals surface area contributed by atoms with Crippen LogP contribution in [-0.4, -0.2) is 20.5 Å². The molecule has 0 saturated carbocycles. The first-order chi connectivity index (χ1) is 11.1. The van der Waals surface area contributed by atoms with E-state index in [0.717, 1.165) is 27.6 Å². The molecule has 0 spiro atoms. The lowest BCUT2D eigenvalue weighted by atomic mass is 10.1. The van der Waals surface area contributed by atoms with Crippen LogP contribution in [0.2, 0.25) is 0 Å². The highest BCUT2D eigenvalue weighted by Crippen LogP contribution is 2.30. The largest absolute Gasteiger partial charge is 0.435 e. The summed E-state index contributed by atoms with van der Waals surface area (Å²) in [7, 11) is 1.89. The summed E-state index contributed by atoms with van der Waals surface area (Å²) in [6.45, 7) is 1.59. The van der Waals surface area contributed by atoms with Gasteiger partial charge in [-0.05, 0) is 36.8 Å². The van der Waals surface area contributed by atoms with Crippen molar-refractivity contribution in [2.45, 2.75) is 13.3 Å². The second-order valence-electron chi connectivity index (χ2n) is 5.69. The molecule has 23 heavy (non-hydrogen) atoms. The Morgan fingerprint density at radius 1 is 1.22 bits per heavy atom. The highest BCUT2D eigenvalue weighted by Gasteiger charge is 2.17. The van der Waals surface area contributed by atoms with E-state index in [1.54, 1.807) is 11.6 Å². The fourth-order valence-corrected chi connectivity index (χ4v) is 2.84. The van der Waals surface area contributed by atoms with Crippen LogP contribution in [0.3, 0.4) is 0 Å². The number of Topliss-reactive ketones (excluding diaryl/α,β-unsaturated/α-hetero) is 1. The summed E-state index contributed by atoms with van der Waals surface area (Å²) in [5.41, 5.74) is 4.19. The third-order valence-corrected chi connectivity index (χ3v) is 3.86. The molecular weight excluding hydrogens is 290 g/mol. The number of para-hydroxylation sites is 2. The molecule has 0 aliphatic carbocycles. The maximum absolute atomic E-state index is 11.4. The molecule has 2 aromatic heterocycles. The number of nitrogens with zero attached hydrogens (tertiary/aromatic N) is 3. The van der Waals surface area contributed by atoms with Crippen molar-refractivity contribution >= 4 is 27.8 Å². The zero-order chi connectivity index (χ0) is 16.0. The Morgan fingerprint density at radius 2 is 2.04 bits per heavy atom. The molecule has 0 radical (unpaired) electrons. The summed E-state index contributed by atoms with van der Waals surface area (Å²) >= 11 is 0. The van der Waals surface area contributed by atoms with Gasteiger partial charge in [-0.2, -0.15) is 5.10 Å². The predicted molar refractivity (Wildman–Crippen MR) is 88.1 cm³/mol. The molecule has 5 heteroatoms. The third kappa shape index (κ3) is 2.30. The van der Waals surface area contributed by atoms with E-state index in [4.69, 9.17) is 4.42 Å². The Balaban J connectivity index is 1.92. The van der Waals surface area contributed by atoms with Crippen LogP contribution in [0.25, 0.3) is 33.6 Å². The predicted octanol–water partition coefficient (Wildman–Crippen LogP) is 3.51. The fourth-order valence-electron chi connectivity index (χ4n) is 2.84. The molecule has 0 amide bonds. The van der Waals surface area contributed by atoms with E-state index in [1.807, 2.05) is 49.5 Å². The highest BCUT2D eigenvalue weighted by atomic mass is 16.3. The molecule has 0 unspecified atom stereocenters. The van der Waals surface area contributed by atoms with E-state index in [9.17, 15) is 4.79 Å². The summed E-state index contributed by atoms with van der Waals surface area (Å²) in [6, 6.07) is 13.6. The van der Waals surface area contributed by atoms with Gasteiger partial charge < -0.3 is 4.42 Å². The van der Waals surface area contributed by atoms with Gasteiger partial charge in [0, 0.05) is 18.9 Å². The van der Waals surface area contributed by atoms with Crippen LogP contribution in [0.4, 0.5) is 0 Å². The number of ketones is 1. The van der Waals surface area contributed by atoms with Crippen LogP contribution in [-0.2, 0) is 18.3 Å². The Hall–Kier alpha value is -2.95. The minimum atomic E-state index is 0.136. The van der Waals surface area contributed by atoms with Crippen molar-refractivity contribution < 1.29 is 9.21 Å². The van der Waals surface area contributed by atoms with Gasteiger partial charge in [0.15, 0.2) is 11.3 Å². The Bertz CT molecular complexity index is 1010. The summed E-state index contributed by atoms with van der Waals surface area (Å²) in [5, 5.41) is 5.49. The normalized spacial score (nSPS) is 11.4. The smallest absolute Gasteiger partial charge is 0.248 e. The number of rotatable bonds is 3. The Morgan fingerprint density at radius 3 is 2.83 bits per heavy atom. The summed E-state index contributed by atoms with van der Waals surface area (Å²) in [4.78, 5) is 15.9. The number of carbonyl (C=O) groups excluding carboxylic acids is 1. The van der Waals surface area contributed by atoms with Gasteiger partial charge in [-0.1, -0.05) is 18.2 Å². The SMILES string of the molecule is CC(=O)Cc1ccc2c(c1)c(-c1nc3ccccc3o1)nn2C. The number of hydrogen-bond acceptors (Lipinski definition) is 4. The molecule has 0 fully saturated rings. The average Bonchev–Trinajstić information content (AvgIpc) is 3.08. The number of oxazole rings is 1. The van der Waals surface area contributed by atoms with Crippen LogP contribution >= 0.6 is 0 Å². The number of aryl methyl sites for hydroxylation is 1. The minimum absolute atomic E-state index is 0.136. The monoisotopic (exact) mass is 305 g/mol. The zero-order valence-corrected chi connectivity index (χ0v) is 12.9. The van der Waals surface area contributed by atoms with Crippen molar-refractivity contribution in [1.29, 1.82) is 0 Å². The van der Waals surface area contributed by atoms with Gasteiger partial charge >= 0.3 is 0 Å². The molecule has 0 aliphatic heterocycles. The van der Waals surface area contributed by atoms with Crippen LogP contribution in [0, 0.1) is 0 Å². The van der Waals surface area contributed by atoms with Crippen molar-refractivity contribution in [3.63, 3.8) is 0 Å². The van der Waals surface area contributed by atoms with E-state index in [-0.39, 0.29) is 5.78 Å². The first kappa shape index (κ1) is 13.7. The molecule has 2 heterocycles. The standard InChI is InChI=1S/C18H15N3O2/c1-11(22)9-12-7-8-15-13(10-12)17(20-21(15)2)18-19-14-5-3-4-6-16(14)23-18/h3-8,10H,9H2,1-2H3. The maximum Gasteiger partial charge on any atom is 0.248 e. The molecule has 0 bridgehead atoms. The lowest BCUT2D eigenvalue weighted by molar-refractivity contribution is -0.116. The van der Waals surface area contributed by atoms with E-state index >= 15 is 0 Å². The zero-order valence-electron chi connectivity index (χ0n) is 12.9. The van der Waals surface area contributed by atoms with Crippen LogP contribution in [0.1, 0.15) is 12.5 Å². The third-order valence-electron chi connectivity index (χ3n) is 3.86. The number of aromatic nitrogens is 3. The highest BCUT2D eigenvalue weighted by molar-refractivity contribution is 5.93. The molecule has 5 nitrogen and oxygen atoms in total. The minimum Gasteiger partial charge on any atom is -0.435 e. The first-order valence-corrected chi connectivity index (χ1v) is 7.43. The second-order valence-corrected chi connectivity index (χ2v) is 5.69. The van der Waals surface area contributed by atoms with Gasteiger partial charge in [-0.25, -0.2) is 4.98 Å². The second kappa shape index (κ2) is 5.05. The van der Waals surface area contributed by atoms with Crippen LogP contribution < -0.4 is 0 Å². The number of hydrogen-bond donors (Lipinski definition) is 0. The van der Waals surface area contributed by atoms with Gasteiger partial charge in [-0.15, -0.1) is 0 Å². The molecular formula is C18H15N3O2. The molecule has 0 saturated heterocycles. The molecule has 114 valence electrons. The van der Waals surface area contributed by atoms with Gasteiger partial charge in [0.1, 0.15) is 11.3 Å². The van der Waals surface area contributed by atoms with Gasteiger partial charge in [0.05, 0.1) is 5.52 Å². The van der Waals surface area contributed by atoms with Crippen molar-refractivity contribution in [2.24, 2.45) is 7.05 Å². The van der Waals surface area contributed by atoms with Crippen molar-refractivity contribution in [1.82, 2.24) is 14.8 Å². The summed E-state index contributed by atoms with van der Waals surface area (Å²) in [5.74, 6) is 0.633. The van der Waals surface area contributed by atoms with E-state index < -0.39 is 0 Å². The number of benzene rings is 2. The summed E-state index contributed by atoms with van der Waals surface area (Å²) < 4.78 is 7.65. The molecule has 4 aromatic rings. The summed E-state index contributed by atoms with van der Waals surface area (Å²) in [6.07, 6.45) is 0.415. The Kier molecular flexibility index (Phi) is 3.01. The Labute approximate surface area is 132 Å². The lowest BCUT2D eigenvalue weighted by Crippen LogP contribution is -1.96. The topological polar surface area (TPSA) is 60.9 Å². The molecule has 2 aromatic carbocycles. The number of carbonyl (C=O) groups is 1. The molecule has 0 atom stereocenters. The van der Waals surface area contributed by atoms with E-state index in [2.05, 4.69) is 10.1 Å². The fraction of sp³-hybridized carbons (Fsp3) is 0.167. The average molecular weight is 305 g/mol. The molecule has 4 rings (SSSR count). The van der Waals surface area contributed by atoms with Crippen LogP contribution in [0.15, 0.2) is 46.9 Å². The molecule has 0 aliphatic rings.